The summed E-state index contributed by atoms with van der Waals surface area (Å²) in [6.45, 7) is 14.7. The highest BCUT2D eigenvalue weighted by atomic mass is 32.2. The quantitative estimate of drug-likeness (QED) is 0.0470. The van der Waals surface area contributed by atoms with E-state index in [1.165, 1.54) is 9.80 Å². The average molecular weight is 1600 g/mol. The molecule has 2 saturated heterocycles. The lowest BCUT2D eigenvalue weighted by atomic mass is 10.0. The zero-order valence-corrected chi connectivity index (χ0v) is 67.1. The smallest absolute Gasteiger partial charge is 0.408 e. The van der Waals surface area contributed by atoms with Crippen LogP contribution in [0.15, 0.2) is 133 Å². The van der Waals surface area contributed by atoms with Crippen LogP contribution in [0.2, 0.25) is 0 Å². The Labute approximate surface area is 659 Å². The minimum Gasteiger partial charge on any atom is -0.479 e. The van der Waals surface area contributed by atoms with Crippen LogP contribution in [0.1, 0.15) is 182 Å². The molecule has 0 spiro atoms. The number of nitrogens with two attached hydrogens (primary N) is 1. The van der Waals surface area contributed by atoms with Gasteiger partial charge in [0.15, 0.2) is 0 Å². The van der Waals surface area contributed by atoms with Gasteiger partial charge < -0.3 is 55.1 Å². The zero-order valence-electron chi connectivity index (χ0n) is 65.4. The molecule has 8 aliphatic rings. The standard InChI is InChI=1S/C41H52N6O8S.C37H45N5O7.C4H9NO2S/c1-39(2,3)55-38(51)43-31-19-12-7-5-6-11-17-28-24-41(28,36(50)45-56(52,53)40(4)21-22-40)44-34(48)33-23-29(26-46(33)35(31)49)54-37-42-30-18-13-14-20-32(30)47(37)25-27-15-9-8-10-16-27;1-36(2,3)49-35(47)39-28-18-11-6-4-5-10-16-25-21-37(25,33(45)46)40-31(43)30-20-26(23-41(30)32(28)44)48-34-38-27-17-12-13-19-29(27)42(34)22-24-14-8-7-9-15-24;1-4(2-3-4)8(5,6)7/h8-11,13-18,20,28-29,31,33H,5-7,12,19,21-26H2,1-4H3,(H,43,51)(H,44,48)(H,45,50);7-10,12-17,19,25-26,28,30H,4-6,11,18,20-23H2,1-3H3,(H,39,47)(H,40,43)(H,45,46);2-3H2,1H3,(H2,5,6,7)/b17-11-;16-10-;/t28-,29-,31+,33+,41-;25-,26-,28+,30+,37-;/m11./s1. The van der Waals surface area contributed by atoms with Gasteiger partial charge in [0.05, 0.1) is 57.7 Å². The number of nitrogens with zero attached hydrogens (tertiary/aromatic N) is 6. The molecule has 14 rings (SSSR count). The monoisotopic (exact) mass is 1590 g/mol. The lowest BCUT2D eigenvalue weighted by Gasteiger charge is -2.30. The molecule has 6 aromatic rings. The summed E-state index contributed by atoms with van der Waals surface area (Å²) in [6, 6.07) is 31.7. The second kappa shape index (κ2) is 33.3. The van der Waals surface area contributed by atoms with Crippen molar-refractivity contribution >= 4 is 89.8 Å². The van der Waals surface area contributed by atoms with Crippen molar-refractivity contribution in [3.63, 3.8) is 0 Å². The molecule has 4 aromatic carbocycles. The number of carbonyl (C=O) groups excluding carboxylic acids is 7. The number of fused-ring (bicyclic) bond motifs is 6. The molecule has 6 fully saturated rings. The van der Waals surface area contributed by atoms with Crippen molar-refractivity contribution in [3.8, 4) is 12.0 Å². The van der Waals surface area contributed by atoms with E-state index < -0.39 is 142 Å². The number of primary sulfonamides is 1. The molecule has 31 heteroatoms. The molecule has 0 unspecified atom stereocenters. The number of alkyl carbamates (subject to hydrolysis) is 2. The number of imidazole rings is 2. The van der Waals surface area contributed by atoms with Crippen LogP contribution in [0.5, 0.6) is 12.0 Å². The van der Waals surface area contributed by atoms with Crippen LogP contribution in [0.4, 0.5) is 9.59 Å². The van der Waals surface area contributed by atoms with E-state index in [9.17, 15) is 60.3 Å². The molecule has 4 saturated carbocycles. The number of sulfonamides is 2. The summed E-state index contributed by atoms with van der Waals surface area (Å²) < 4.78 is 76.1. The van der Waals surface area contributed by atoms with Crippen molar-refractivity contribution < 1.29 is 79.2 Å². The molecule has 8 N–H and O–H groups in total. The van der Waals surface area contributed by atoms with Crippen LogP contribution in [0, 0.1) is 11.8 Å². The van der Waals surface area contributed by atoms with Gasteiger partial charge in [0, 0.05) is 24.7 Å². The minimum absolute atomic E-state index is 0.00672. The van der Waals surface area contributed by atoms with Crippen molar-refractivity contribution in [1.82, 2.24) is 54.9 Å². The molecule has 2 aromatic heterocycles. The van der Waals surface area contributed by atoms with Crippen LogP contribution in [-0.4, -0.2) is 180 Å². The number of carboxylic acid groups (broad SMARTS) is 1. The molecule has 0 radical (unpaired) electrons. The molecule has 10 atom stereocenters. The molecule has 7 amide bonds. The normalized spacial score (nSPS) is 26.8. The van der Waals surface area contributed by atoms with E-state index in [1.54, 1.807) is 55.4 Å². The number of carboxylic acids is 1. The predicted molar refractivity (Wildman–Crippen MR) is 421 cm³/mol. The zero-order chi connectivity index (χ0) is 81.1. The number of para-hydroxylation sites is 4. The van der Waals surface area contributed by atoms with Gasteiger partial charge in [-0.25, -0.2) is 36.4 Å². The number of benzene rings is 4. The van der Waals surface area contributed by atoms with Crippen molar-refractivity contribution in [3.05, 3.63) is 145 Å². The van der Waals surface area contributed by atoms with E-state index in [2.05, 4.69) is 26.0 Å². The number of nitrogens with one attached hydrogen (secondary N) is 5. The van der Waals surface area contributed by atoms with Crippen molar-refractivity contribution in [2.24, 2.45) is 17.0 Å². The van der Waals surface area contributed by atoms with E-state index in [1.807, 2.05) is 143 Å². The molecule has 6 heterocycles. The molecule has 29 nitrogen and oxygen atoms in total. The van der Waals surface area contributed by atoms with Gasteiger partial charge in [-0.3, -0.25) is 37.8 Å². The van der Waals surface area contributed by atoms with Crippen LogP contribution in [0.25, 0.3) is 22.1 Å². The summed E-state index contributed by atoms with van der Waals surface area (Å²) in [4.78, 5) is 122. The van der Waals surface area contributed by atoms with Crippen LogP contribution in [-0.2, 0) is 71.4 Å². The average Bonchev–Trinajstić information content (AvgIpc) is 1.57. The first kappa shape index (κ1) is 82.6. The fraction of sp³-hybridized carbons (Fsp3) is 0.537. The van der Waals surface area contributed by atoms with E-state index in [0.29, 0.717) is 70.1 Å². The Hall–Kier alpha value is -9.88. The molecule has 0 bridgehead atoms. The minimum atomic E-state index is -3.99. The highest BCUT2D eigenvalue weighted by Gasteiger charge is 2.64. The molecule has 4 aliphatic carbocycles. The van der Waals surface area contributed by atoms with E-state index in [4.69, 9.17) is 34.1 Å². The molecular formula is C82H106N12O17S2. The first-order valence-electron chi connectivity index (χ1n) is 39.2. The number of ether oxygens (including phenoxy) is 4. The largest absolute Gasteiger partial charge is 0.479 e. The summed E-state index contributed by atoms with van der Waals surface area (Å²) in [5.41, 5.74) is 0.741. The van der Waals surface area contributed by atoms with E-state index >= 15 is 0 Å². The van der Waals surface area contributed by atoms with Gasteiger partial charge in [-0.2, -0.15) is 9.97 Å². The maximum Gasteiger partial charge on any atom is 0.408 e. The van der Waals surface area contributed by atoms with Crippen molar-refractivity contribution in [1.29, 1.82) is 0 Å². The summed E-state index contributed by atoms with van der Waals surface area (Å²) in [6.07, 6.45) is 14.5. The fourth-order valence-corrected chi connectivity index (χ4v) is 16.9. The highest BCUT2D eigenvalue weighted by molar-refractivity contribution is 7.91. The Kier molecular flexibility index (Phi) is 24.3. The fourth-order valence-electron chi connectivity index (χ4n) is 14.9. The van der Waals surface area contributed by atoms with Gasteiger partial charge in [0.1, 0.15) is 58.7 Å². The Balaban J connectivity index is 0.000000191. The first-order valence-corrected chi connectivity index (χ1v) is 42.2. The number of hydrogen-bond donors (Lipinski definition) is 7. The molecular weight excluding hydrogens is 1490 g/mol. The Morgan fingerprint density at radius 3 is 1.35 bits per heavy atom. The predicted octanol–water partition coefficient (Wildman–Crippen LogP) is 9.35. The van der Waals surface area contributed by atoms with E-state index in [-0.39, 0.29) is 44.7 Å². The second-order valence-corrected chi connectivity index (χ2v) is 37.9. The third-order valence-corrected chi connectivity index (χ3v) is 26.2. The number of allylic oxidation sites excluding steroid dienone is 2. The van der Waals surface area contributed by atoms with Crippen molar-refractivity contribution in [2.75, 3.05) is 13.1 Å². The number of aliphatic carboxylic acids is 1. The third-order valence-electron chi connectivity index (χ3n) is 22.3. The number of carbonyl (C=O) groups is 8. The summed E-state index contributed by atoms with van der Waals surface area (Å²) in [7, 11) is -7.22. The van der Waals surface area contributed by atoms with Crippen molar-refractivity contribution in [2.45, 2.75) is 252 Å². The summed E-state index contributed by atoms with van der Waals surface area (Å²) in [5, 5.41) is 26.2. The first-order chi connectivity index (χ1) is 53.5. The summed E-state index contributed by atoms with van der Waals surface area (Å²) in [5.74, 6) is -4.78. The van der Waals surface area contributed by atoms with Crippen LogP contribution < -0.4 is 40.6 Å². The number of rotatable bonds is 15. The number of amides is 7. The van der Waals surface area contributed by atoms with Gasteiger partial charge in [-0.15, -0.1) is 0 Å². The van der Waals surface area contributed by atoms with Gasteiger partial charge in [-0.05, 0) is 168 Å². The van der Waals surface area contributed by atoms with Gasteiger partial charge in [-0.1, -0.05) is 135 Å². The van der Waals surface area contributed by atoms with Gasteiger partial charge >= 0.3 is 18.2 Å². The second-order valence-electron chi connectivity index (χ2n) is 33.6. The Morgan fingerprint density at radius 2 is 0.956 bits per heavy atom. The number of hydrogen-bond acceptors (Lipinski definition) is 18. The van der Waals surface area contributed by atoms with E-state index in [0.717, 1.165) is 78.1 Å². The Bertz CT molecular complexity index is 4840. The number of aromatic nitrogens is 4. The summed E-state index contributed by atoms with van der Waals surface area (Å²) >= 11 is 0. The molecule has 608 valence electrons. The SMILES string of the molecule is CC(C)(C)OC(=O)N[C@H]1CCCCC/C=C\[C@@H]2C[C@@]2(C(=O)NS(=O)(=O)C2(C)CC2)NC(=O)[C@@H]2C[C@@H](Oc3nc4ccccc4n3Cc3ccccc3)CN2C1=O.CC(C)(C)OC(=O)N[C@H]1CCCCC/C=C\[C@@H]2C[C@@]2(C(=O)O)NC(=O)[C@@H]2C[C@@H](Oc3nc4ccccc4n3Cc3ccccc3)CN2C1=O.CC1(S(N)(=O)=O)CC1. The molecule has 113 heavy (non-hydrogen) atoms. The highest BCUT2D eigenvalue weighted by Crippen LogP contribution is 2.49. The maximum atomic E-state index is 14.6. The molecule has 4 aliphatic heterocycles. The lowest BCUT2D eigenvalue weighted by molar-refractivity contribution is -0.145. The van der Waals surface area contributed by atoms with Gasteiger partial charge in [0.2, 0.25) is 43.7 Å². The third kappa shape index (κ3) is 19.8. The topological polar surface area (TPSA) is 390 Å². The Morgan fingerprint density at radius 1 is 0.558 bits per heavy atom. The van der Waals surface area contributed by atoms with Gasteiger partial charge in [0.25, 0.3) is 17.9 Å². The van der Waals surface area contributed by atoms with Crippen LogP contribution in [0.3, 0.4) is 0 Å². The van der Waals surface area contributed by atoms with Crippen LogP contribution >= 0.6 is 0 Å². The lowest BCUT2D eigenvalue weighted by Crippen LogP contribution is -2.58. The maximum absolute atomic E-state index is 14.6.